The van der Waals surface area contributed by atoms with Crippen LogP contribution in [0.2, 0.25) is 0 Å². The average molecular weight is 290 g/mol. The van der Waals surface area contributed by atoms with Crippen molar-refractivity contribution in [3.63, 3.8) is 0 Å². The molecule has 1 rings (SSSR count). The molecule has 0 saturated heterocycles. The van der Waals surface area contributed by atoms with E-state index in [0.29, 0.717) is 0 Å². The van der Waals surface area contributed by atoms with E-state index in [1.54, 1.807) is 0 Å². The number of hydrogen-bond acceptors (Lipinski definition) is 0. The van der Waals surface area contributed by atoms with E-state index in [9.17, 15) is 0 Å². The molecule has 0 saturated carbocycles. The van der Waals surface area contributed by atoms with Crippen molar-refractivity contribution in [1.82, 2.24) is 0 Å². The Morgan fingerprint density at radius 3 is 2.25 bits per heavy atom. The summed E-state index contributed by atoms with van der Waals surface area (Å²) >= 11 is 6.65. The second-order valence-electron chi connectivity index (χ2n) is 2.53. The Bertz CT molecular complexity index is 268. The highest BCUT2D eigenvalue weighted by atomic mass is 79.9. The second kappa shape index (κ2) is 4.83. The van der Waals surface area contributed by atoms with Crippen LogP contribution in [0.4, 0.5) is 0 Å². The molecule has 1 aromatic rings. The van der Waals surface area contributed by atoms with Gasteiger partial charge >= 0.3 is 0 Å². The summed E-state index contributed by atoms with van der Waals surface area (Å²) in [6.45, 7) is 2.16. The molecule has 0 aliphatic heterocycles. The summed E-state index contributed by atoms with van der Waals surface area (Å²) in [5.41, 5.74) is 2.58. The molecule has 64 valence electrons. The highest BCUT2D eigenvalue weighted by Crippen LogP contribution is 2.18. The highest BCUT2D eigenvalue weighted by Gasteiger charge is 1.90. The normalized spacial score (nSPS) is 9.58. The van der Waals surface area contributed by atoms with Crippen molar-refractivity contribution in [1.29, 1.82) is 0 Å². The van der Waals surface area contributed by atoms with Crippen molar-refractivity contribution in [2.24, 2.45) is 0 Å². The van der Waals surface area contributed by atoms with Crippen LogP contribution in [0.5, 0.6) is 0 Å². The molecule has 0 nitrogen and oxygen atoms in total. The zero-order chi connectivity index (χ0) is 8.97. The van der Waals surface area contributed by atoms with Gasteiger partial charge in [0.1, 0.15) is 0 Å². The number of halogens is 2. The summed E-state index contributed by atoms with van der Waals surface area (Å²) in [6.07, 6.45) is 3.12. The fourth-order valence-electron chi connectivity index (χ4n) is 0.976. The van der Waals surface area contributed by atoms with Crippen LogP contribution in [0.25, 0.3) is 6.08 Å². The lowest BCUT2D eigenvalue weighted by molar-refractivity contribution is 1.14. The summed E-state index contributed by atoms with van der Waals surface area (Å²) in [5.74, 6) is 0. The van der Waals surface area contributed by atoms with E-state index in [1.807, 2.05) is 6.08 Å². The first-order valence-electron chi connectivity index (χ1n) is 3.84. The van der Waals surface area contributed by atoms with Gasteiger partial charge in [-0.05, 0) is 55.5 Å². The molecule has 0 fully saturated rings. The van der Waals surface area contributed by atoms with Crippen LogP contribution in [0, 0.1) is 0 Å². The molecule has 0 radical (unpaired) electrons. The molecule has 0 unspecified atom stereocenters. The maximum Gasteiger partial charge on any atom is 0.0610 e. The van der Waals surface area contributed by atoms with Crippen LogP contribution in [0.15, 0.2) is 27.7 Å². The predicted molar refractivity (Wildman–Crippen MR) is 61.7 cm³/mol. The van der Waals surface area contributed by atoms with Gasteiger partial charge in [-0.2, -0.15) is 0 Å². The van der Waals surface area contributed by atoms with Crippen LogP contribution >= 0.6 is 31.9 Å². The lowest BCUT2D eigenvalue weighted by Crippen LogP contribution is -1.78. The summed E-state index contributed by atoms with van der Waals surface area (Å²) in [4.78, 5) is 0. The van der Waals surface area contributed by atoms with Crippen molar-refractivity contribution >= 4 is 37.9 Å². The molecule has 0 spiro atoms. The molecule has 0 N–H and O–H groups in total. The molecule has 12 heavy (non-hydrogen) atoms. The van der Waals surface area contributed by atoms with Gasteiger partial charge in [-0.25, -0.2) is 0 Å². The largest absolute Gasteiger partial charge is 0.0613 e. The van der Waals surface area contributed by atoms with Crippen molar-refractivity contribution < 1.29 is 0 Å². The molecule has 0 heterocycles. The molecule has 0 amide bonds. The third kappa shape index (κ3) is 3.11. The Morgan fingerprint density at radius 2 is 1.83 bits per heavy atom. The summed E-state index contributed by atoms with van der Waals surface area (Å²) < 4.78 is 0.972. The first kappa shape index (κ1) is 10.0. The zero-order valence-electron chi connectivity index (χ0n) is 6.85. The van der Waals surface area contributed by atoms with Crippen LogP contribution < -0.4 is 0 Å². The van der Waals surface area contributed by atoms with E-state index >= 15 is 0 Å². The summed E-state index contributed by atoms with van der Waals surface area (Å²) in [5, 5.41) is 0. The molecule has 2 heteroatoms. The van der Waals surface area contributed by atoms with Crippen LogP contribution in [-0.2, 0) is 6.42 Å². The Morgan fingerprint density at radius 1 is 1.25 bits per heavy atom. The van der Waals surface area contributed by atoms with Crippen LogP contribution in [-0.4, -0.2) is 0 Å². The third-order valence-electron chi connectivity index (χ3n) is 1.66. The van der Waals surface area contributed by atoms with E-state index in [0.717, 1.165) is 9.81 Å². The highest BCUT2D eigenvalue weighted by molar-refractivity contribution is 9.28. The van der Waals surface area contributed by atoms with E-state index < -0.39 is 0 Å². The molecule has 0 aliphatic carbocycles. The Balaban J connectivity index is 2.85. The Kier molecular flexibility index (Phi) is 4.02. The molecule has 1 aromatic carbocycles. The molecular formula is C10H10Br2. The fourth-order valence-corrected chi connectivity index (χ4v) is 1.50. The molecule has 0 bridgehead atoms. The SMILES string of the molecule is CCc1ccc(C=C(Br)Br)cc1. The first-order valence-corrected chi connectivity index (χ1v) is 5.42. The summed E-state index contributed by atoms with van der Waals surface area (Å²) in [6, 6.07) is 8.52. The second-order valence-corrected chi connectivity index (χ2v) is 5.30. The minimum absolute atomic E-state index is 0.972. The smallest absolute Gasteiger partial charge is 0.0610 e. The van der Waals surface area contributed by atoms with Crippen LogP contribution in [0.3, 0.4) is 0 Å². The van der Waals surface area contributed by atoms with Gasteiger partial charge in [0.15, 0.2) is 0 Å². The fraction of sp³-hybridized carbons (Fsp3) is 0.200. The maximum absolute atomic E-state index is 3.32. The molecular weight excluding hydrogens is 280 g/mol. The molecule has 0 atom stereocenters. The lowest BCUT2D eigenvalue weighted by Gasteiger charge is -1.96. The van der Waals surface area contributed by atoms with Crippen molar-refractivity contribution in [2.75, 3.05) is 0 Å². The van der Waals surface area contributed by atoms with Gasteiger partial charge in [0, 0.05) is 0 Å². The first-order chi connectivity index (χ1) is 5.72. The number of hydrogen-bond donors (Lipinski definition) is 0. The van der Waals surface area contributed by atoms with Gasteiger partial charge in [0.2, 0.25) is 0 Å². The topological polar surface area (TPSA) is 0 Å². The third-order valence-corrected chi connectivity index (χ3v) is 2.12. The van der Waals surface area contributed by atoms with E-state index in [2.05, 4.69) is 63.0 Å². The van der Waals surface area contributed by atoms with E-state index in [1.165, 1.54) is 11.1 Å². The van der Waals surface area contributed by atoms with Gasteiger partial charge in [-0.3, -0.25) is 0 Å². The van der Waals surface area contributed by atoms with Crippen LogP contribution in [0.1, 0.15) is 18.1 Å². The Labute approximate surface area is 89.9 Å². The monoisotopic (exact) mass is 288 g/mol. The average Bonchev–Trinajstić information content (AvgIpc) is 2.05. The quantitative estimate of drug-likeness (QED) is 0.760. The predicted octanol–water partition coefficient (Wildman–Crippen LogP) is 4.34. The van der Waals surface area contributed by atoms with E-state index in [4.69, 9.17) is 0 Å². The van der Waals surface area contributed by atoms with Gasteiger partial charge in [0.25, 0.3) is 0 Å². The molecule has 0 aliphatic rings. The van der Waals surface area contributed by atoms with Crippen molar-refractivity contribution in [3.8, 4) is 0 Å². The number of benzene rings is 1. The zero-order valence-corrected chi connectivity index (χ0v) is 10.0. The van der Waals surface area contributed by atoms with Gasteiger partial charge in [0.05, 0.1) is 3.39 Å². The minimum Gasteiger partial charge on any atom is -0.0613 e. The van der Waals surface area contributed by atoms with Gasteiger partial charge < -0.3 is 0 Å². The van der Waals surface area contributed by atoms with E-state index in [-0.39, 0.29) is 0 Å². The van der Waals surface area contributed by atoms with Crippen molar-refractivity contribution in [3.05, 3.63) is 38.8 Å². The minimum atomic E-state index is 0.972. The van der Waals surface area contributed by atoms with Gasteiger partial charge in [-0.15, -0.1) is 0 Å². The Hall–Kier alpha value is -0.0800. The number of aryl methyl sites for hydroxylation is 1. The lowest BCUT2D eigenvalue weighted by atomic mass is 10.1. The molecule has 0 aromatic heterocycles. The van der Waals surface area contributed by atoms with Gasteiger partial charge in [-0.1, -0.05) is 31.2 Å². The number of rotatable bonds is 2. The standard InChI is InChI=1S/C10H10Br2/c1-2-8-3-5-9(6-4-8)7-10(11)12/h3-7H,2H2,1H3. The summed E-state index contributed by atoms with van der Waals surface area (Å²) in [7, 11) is 0. The van der Waals surface area contributed by atoms with Crippen molar-refractivity contribution in [2.45, 2.75) is 13.3 Å². The maximum atomic E-state index is 3.32.